The molecule has 292 valence electrons. The molecule has 0 fully saturated rings. The Hall–Kier alpha value is -4.27. The molecule has 0 N–H and O–H groups in total. The molecule has 0 aliphatic heterocycles. The largest absolute Gasteiger partial charge is 2.00 e. The smallest absolute Gasteiger partial charge is 1.00 e. The van der Waals surface area contributed by atoms with Crippen molar-refractivity contribution in [1.82, 2.24) is 0 Å². The molecular formula is C44H44Cl2O8Ti2-2. The van der Waals surface area contributed by atoms with E-state index in [-0.39, 0.29) is 68.2 Å². The second kappa shape index (κ2) is 24.4. The maximum atomic E-state index is 5.19. The Morgan fingerprint density at radius 1 is 0.286 bits per heavy atom. The van der Waals surface area contributed by atoms with Gasteiger partial charge in [-0.3, -0.25) is 0 Å². The van der Waals surface area contributed by atoms with Gasteiger partial charge in [0.2, 0.25) is 0 Å². The molecule has 8 aromatic rings. The number of rotatable bonds is 8. The van der Waals surface area contributed by atoms with Crippen LogP contribution in [0.3, 0.4) is 0 Å². The number of halogens is 2. The molecule has 0 unspecified atom stereocenters. The Kier molecular flexibility index (Phi) is 21.7. The molecule has 0 aliphatic rings. The van der Waals surface area contributed by atoms with Crippen LogP contribution >= 0.6 is 0 Å². The Balaban J connectivity index is 0.000000365. The zero-order valence-corrected chi connectivity index (χ0v) is 37.2. The van der Waals surface area contributed by atoms with Crippen molar-refractivity contribution in [3.8, 4) is 46.0 Å². The Morgan fingerprint density at radius 2 is 0.446 bits per heavy atom. The predicted octanol–water partition coefficient (Wildman–Crippen LogP) is 4.31. The van der Waals surface area contributed by atoms with Crippen molar-refractivity contribution in [3.05, 3.63) is 121 Å². The SMILES string of the molecule is COc1cc2cc[cH-]c2cc1OC.COc1cc2cc[cH-]c2cc1OC.COc1cc2cc[cH-]c2cc1OC.COc1cc2cc[cH-]c2cc1OC.[Cl-].[Cl-].[Ti+2].[Ti+2]. The number of benzene rings is 4. The van der Waals surface area contributed by atoms with E-state index < -0.39 is 0 Å². The predicted molar refractivity (Wildman–Crippen MR) is 211 cm³/mol. The van der Waals surface area contributed by atoms with E-state index in [1.165, 1.54) is 43.1 Å². The van der Waals surface area contributed by atoms with Crippen molar-refractivity contribution in [2.45, 2.75) is 0 Å². The molecule has 12 heteroatoms. The van der Waals surface area contributed by atoms with E-state index in [4.69, 9.17) is 37.9 Å². The van der Waals surface area contributed by atoms with Gasteiger partial charge in [0.1, 0.15) is 46.0 Å². The van der Waals surface area contributed by atoms with Crippen molar-refractivity contribution < 1.29 is 106 Å². The number of hydrogen-bond acceptors (Lipinski definition) is 8. The van der Waals surface area contributed by atoms with Gasteiger partial charge >= 0.3 is 43.4 Å². The first-order valence-corrected chi connectivity index (χ1v) is 16.5. The molecule has 0 saturated carbocycles. The third kappa shape index (κ3) is 11.9. The number of ether oxygens (including phenoxy) is 8. The molecule has 0 radical (unpaired) electrons. The summed E-state index contributed by atoms with van der Waals surface area (Å²) in [6.07, 6.45) is 0. The van der Waals surface area contributed by atoms with Crippen LogP contribution in [0, 0.1) is 0 Å². The van der Waals surface area contributed by atoms with Crippen LogP contribution in [0.4, 0.5) is 0 Å². The van der Waals surface area contributed by atoms with Gasteiger partial charge in [-0.15, -0.1) is 67.4 Å². The van der Waals surface area contributed by atoms with E-state index in [0.29, 0.717) is 0 Å². The van der Waals surface area contributed by atoms with Gasteiger partial charge < -0.3 is 62.7 Å². The van der Waals surface area contributed by atoms with Crippen LogP contribution in [0.2, 0.25) is 0 Å². The van der Waals surface area contributed by atoms with Crippen molar-refractivity contribution in [2.24, 2.45) is 0 Å². The Morgan fingerprint density at radius 3 is 0.607 bits per heavy atom. The Labute approximate surface area is 370 Å². The second-order valence-electron chi connectivity index (χ2n) is 11.4. The summed E-state index contributed by atoms with van der Waals surface area (Å²) in [5, 5.41) is 9.43. The van der Waals surface area contributed by atoms with E-state index >= 15 is 0 Å². The first-order valence-electron chi connectivity index (χ1n) is 16.5. The summed E-state index contributed by atoms with van der Waals surface area (Å²) >= 11 is 0. The molecule has 8 aromatic carbocycles. The molecule has 0 aromatic heterocycles. The van der Waals surface area contributed by atoms with Gasteiger partial charge in [-0.05, 0) is 0 Å². The van der Waals surface area contributed by atoms with Gasteiger partial charge in [-0.2, -0.15) is 48.5 Å². The third-order valence-electron chi connectivity index (χ3n) is 8.56. The van der Waals surface area contributed by atoms with Crippen LogP contribution in [-0.4, -0.2) is 56.9 Å². The summed E-state index contributed by atoms with van der Waals surface area (Å²) in [5.41, 5.74) is 0. The van der Waals surface area contributed by atoms with E-state index in [0.717, 1.165) is 46.0 Å². The van der Waals surface area contributed by atoms with Crippen LogP contribution in [0.1, 0.15) is 0 Å². The van der Waals surface area contributed by atoms with E-state index in [1.54, 1.807) is 56.9 Å². The summed E-state index contributed by atoms with van der Waals surface area (Å²) in [5.74, 6) is 6.23. The third-order valence-corrected chi connectivity index (χ3v) is 8.56. The van der Waals surface area contributed by atoms with Gasteiger partial charge in [0.25, 0.3) is 0 Å². The van der Waals surface area contributed by atoms with Gasteiger partial charge in [0.05, 0.1) is 56.9 Å². The summed E-state index contributed by atoms with van der Waals surface area (Å²) in [4.78, 5) is 0. The number of fused-ring (bicyclic) bond motifs is 4. The molecule has 8 nitrogen and oxygen atoms in total. The summed E-state index contributed by atoms with van der Waals surface area (Å²) in [6, 6.07) is 40.3. The first-order chi connectivity index (χ1) is 25.4. The van der Waals surface area contributed by atoms with Crippen LogP contribution in [-0.2, 0) is 43.4 Å². The van der Waals surface area contributed by atoms with E-state index in [1.807, 2.05) is 72.8 Å². The fraction of sp³-hybridized carbons (Fsp3) is 0.182. The van der Waals surface area contributed by atoms with Gasteiger partial charge in [0, 0.05) is 0 Å². The van der Waals surface area contributed by atoms with Gasteiger partial charge in [-0.25, -0.2) is 0 Å². The van der Waals surface area contributed by atoms with Crippen molar-refractivity contribution in [1.29, 1.82) is 0 Å². The fourth-order valence-corrected chi connectivity index (χ4v) is 5.82. The van der Waals surface area contributed by atoms with Crippen molar-refractivity contribution in [2.75, 3.05) is 56.9 Å². The van der Waals surface area contributed by atoms with Crippen LogP contribution in [0.5, 0.6) is 46.0 Å². The summed E-state index contributed by atoms with van der Waals surface area (Å²) in [6.45, 7) is 0. The minimum absolute atomic E-state index is 0. The Bertz CT molecular complexity index is 1860. The molecule has 8 rings (SSSR count). The monoisotopic (exact) mass is 866 g/mol. The topological polar surface area (TPSA) is 73.8 Å². The normalized spacial score (nSPS) is 9.57. The summed E-state index contributed by atoms with van der Waals surface area (Å²) in [7, 11) is 13.2. The molecule has 0 spiro atoms. The summed E-state index contributed by atoms with van der Waals surface area (Å²) < 4.78 is 41.5. The number of hydrogen-bond donors (Lipinski definition) is 0. The molecule has 0 heterocycles. The standard InChI is InChI=1S/4C11H11O2.2ClH.2Ti/c4*1-12-10-6-8-4-3-5-9(8)7-11(10)13-2;;;;/h4*3-7H,1-2H3;2*1H;;/q4*-1;;;2*+2/p-2. The molecule has 0 bridgehead atoms. The minimum atomic E-state index is 0. The first kappa shape index (κ1) is 49.7. The van der Waals surface area contributed by atoms with Gasteiger partial charge in [0.15, 0.2) is 0 Å². The maximum absolute atomic E-state index is 5.19. The van der Waals surface area contributed by atoms with Crippen LogP contribution < -0.4 is 62.7 Å². The average Bonchev–Trinajstić information content (AvgIpc) is 4.03. The zero-order valence-electron chi connectivity index (χ0n) is 32.6. The van der Waals surface area contributed by atoms with E-state index in [2.05, 4.69) is 48.5 Å². The fourth-order valence-electron chi connectivity index (χ4n) is 5.82. The van der Waals surface area contributed by atoms with E-state index in [9.17, 15) is 0 Å². The zero-order chi connectivity index (χ0) is 37.0. The molecule has 0 saturated heterocycles. The second-order valence-corrected chi connectivity index (χ2v) is 11.4. The molecular weight excluding hydrogens is 823 g/mol. The molecule has 0 aliphatic carbocycles. The van der Waals surface area contributed by atoms with Crippen LogP contribution in [0.25, 0.3) is 43.1 Å². The van der Waals surface area contributed by atoms with Crippen LogP contribution in [0.15, 0.2) is 121 Å². The molecule has 0 amide bonds. The van der Waals surface area contributed by atoms with Crippen molar-refractivity contribution in [3.63, 3.8) is 0 Å². The molecule has 56 heavy (non-hydrogen) atoms. The number of methoxy groups -OCH3 is 8. The van der Waals surface area contributed by atoms with Crippen molar-refractivity contribution >= 4 is 43.1 Å². The quantitative estimate of drug-likeness (QED) is 0.166. The average molecular weight is 867 g/mol. The minimum Gasteiger partial charge on any atom is -1.00 e. The molecule has 0 atom stereocenters. The maximum Gasteiger partial charge on any atom is 2.00 e. The van der Waals surface area contributed by atoms with Gasteiger partial charge in [-0.1, -0.05) is 48.5 Å².